The van der Waals surface area contributed by atoms with E-state index in [0.717, 1.165) is 0 Å². The van der Waals surface area contributed by atoms with Crippen molar-refractivity contribution in [3.63, 3.8) is 0 Å². The van der Waals surface area contributed by atoms with Crippen LogP contribution in [0.4, 0.5) is 5.69 Å². The number of allylic oxidation sites excluding steroid dienone is 2. The maximum atomic E-state index is 13.5. The van der Waals surface area contributed by atoms with Crippen molar-refractivity contribution in [3.8, 4) is 5.75 Å². The Balaban J connectivity index is 1.72. The van der Waals surface area contributed by atoms with Crippen LogP contribution in [0.5, 0.6) is 5.75 Å². The fourth-order valence-electron chi connectivity index (χ4n) is 4.65. The Morgan fingerprint density at radius 1 is 1.18 bits per heavy atom. The van der Waals surface area contributed by atoms with Gasteiger partial charge in [0.15, 0.2) is 12.4 Å². The molecule has 2 aromatic carbocycles. The van der Waals surface area contributed by atoms with Crippen LogP contribution in [0.3, 0.4) is 0 Å². The molecule has 1 heterocycles. The molecule has 4 rings (SSSR count). The number of amides is 1. The molecule has 0 bridgehead atoms. The lowest BCUT2D eigenvalue weighted by atomic mass is 9.70. The van der Waals surface area contributed by atoms with Crippen molar-refractivity contribution in [2.24, 2.45) is 11.1 Å². The van der Waals surface area contributed by atoms with E-state index in [1.165, 1.54) is 0 Å². The van der Waals surface area contributed by atoms with Gasteiger partial charge in [0, 0.05) is 39.2 Å². The average molecular weight is 604 g/mol. The van der Waals surface area contributed by atoms with Crippen molar-refractivity contribution in [1.82, 2.24) is 0 Å². The van der Waals surface area contributed by atoms with Gasteiger partial charge in [-0.05, 0) is 54.8 Å². The number of esters is 1. The lowest BCUT2D eigenvalue weighted by Crippen LogP contribution is -2.36. The van der Waals surface area contributed by atoms with Gasteiger partial charge < -0.3 is 25.3 Å². The highest BCUT2D eigenvalue weighted by Gasteiger charge is 2.46. The number of ether oxygens (including phenoxy) is 3. The zero-order valence-electron chi connectivity index (χ0n) is 21.2. The first-order chi connectivity index (χ1) is 18.0. The molecule has 1 atom stereocenters. The summed E-state index contributed by atoms with van der Waals surface area (Å²) in [6.45, 7) is 5.42. The molecule has 1 unspecified atom stereocenters. The van der Waals surface area contributed by atoms with Gasteiger partial charge in [0.2, 0.25) is 5.88 Å². The molecule has 0 spiro atoms. The van der Waals surface area contributed by atoms with Gasteiger partial charge in [0.05, 0.1) is 12.5 Å². The largest absolute Gasteiger partial charge is 0.483 e. The fraction of sp³-hybridized carbons (Fsp3) is 0.321. The Morgan fingerprint density at radius 3 is 2.58 bits per heavy atom. The first-order valence-electron chi connectivity index (χ1n) is 12.1. The molecule has 1 aliphatic heterocycles. The third-order valence-corrected chi connectivity index (χ3v) is 6.97. The standard InChI is InChI=1S/C28H28BrClN2O6/c1-4-36-27(35)25-23(24-19(33)12-28(2,3)13-21(24)38-26(25)31)18-11-15(29)5-10-20(18)37-14-22(34)32-17-8-6-16(30)7-9-17/h5-11,23H,4,12-14,31H2,1-3H3,(H,32,34). The zero-order chi connectivity index (χ0) is 27.6. The second kappa shape index (κ2) is 11.2. The number of halogens is 2. The third kappa shape index (κ3) is 6.05. The molecule has 1 amide bonds. The van der Waals surface area contributed by atoms with Gasteiger partial charge in [-0.1, -0.05) is 41.4 Å². The van der Waals surface area contributed by atoms with Gasteiger partial charge in [-0.25, -0.2) is 4.79 Å². The first kappa shape index (κ1) is 27.7. The van der Waals surface area contributed by atoms with E-state index in [4.69, 9.17) is 31.5 Å². The van der Waals surface area contributed by atoms with Crippen molar-refractivity contribution in [2.45, 2.75) is 39.5 Å². The van der Waals surface area contributed by atoms with Gasteiger partial charge >= 0.3 is 5.97 Å². The minimum Gasteiger partial charge on any atom is -0.483 e. The number of carbonyl (C=O) groups excluding carboxylic acids is 3. The normalized spacial score (nSPS) is 18.4. The molecule has 38 heavy (non-hydrogen) atoms. The monoisotopic (exact) mass is 602 g/mol. The smallest absolute Gasteiger partial charge is 0.340 e. The SMILES string of the molecule is CCOC(=O)C1=C(N)OC2=C(C(=O)CC(C)(C)C2)C1c1cc(Br)ccc1OCC(=O)Nc1ccc(Cl)cc1. The minimum absolute atomic E-state index is 0.0206. The van der Waals surface area contributed by atoms with Crippen molar-refractivity contribution < 1.29 is 28.6 Å². The maximum absolute atomic E-state index is 13.5. The highest BCUT2D eigenvalue weighted by Crippen LogP contribution is 2.50. The predicted molar refractivity (Wildman–Crippen MR) is 146 cm³/mol. The van der Waals surface area contributed by atoms with E-state index in [2.05, 4.69) is 21.2 Å². The van der Waals surface area contributed by atoms with Crippen LogP contribution in [0.1, 0.15) is 45.1 Å². The third-order valence-electron chi connectivity index (χ3n) is 6.22. The summed E-state index contributed by atoms with van der Waals surface area (Å²) in [5.74, 6) is -1.52. The maximum Gasteiger partial charge on any atom is 0.340 e. The zero-order valence-corrected chi connectivity index (χ0v) is 23.6. The highest BCUT2D eigenvalue weighted by atomic mass is 79.9. The van der Waals surface area contributed by atoms with Crippen molar-refractivity contribution >= 4 is 50.9 Å². The van der Waals surface area contributed by atoms with Crippen LogP contribution in [-0.4, -0.2) is 30.9 Å². The second-order valence-electron chi connectivity index (χ2n) is 9.84. The van der Waals surface area contributed by atoms with Crippen LogP contribution in [0, 0.1) is 5.41 Å². The molecule has 2 aliphatic rings. The molecule has 0 saturated heterocycles. The summed E-state index contributed by atoms with van der Waals surface area (Å²) < 4.78 is 17.8. The van der Waals surface area contributed by atoms with Crippen LogP contribution in [-0.2, 0) is 23.9 Å². The molecule has 0 radical (unpaired) electrons. The Kier molecular flexibility index (Phi) is 8.18. The Morgan fingerprint density at radius 2 is 1.89 bits per heavy atom. The summed E-state index contributed by atoms with van der Waals surface area (Å²) in [7, 11) is 0. The molecule has 200 valence electrons. The first-order valence-corrected chi connectivity index (χ1v) is 13.2. The van der Waals surface area contributed by atoms with E-state index in [9.17, 15) is 14.4 Å². The molecule has 0 fully saturated rings. The number of benzene rings is 2. The van der Waals surface area contributed by atoms with Crippen molar-refractivity contribution in [3.05, 3.63) is 80.3 Å². The van der Waals surface area contributed by atoms with Gasteiger partial charge in [-0.3, -0.25) is 9.59 Å². The minimum atomic E-state index is -0.895. The molecule has 8 nitrogen and oxygen atoms in total. The van der Waals surface area contributed by atoms with Gasteiger partial charge in [0.25, 0.3) is 5.91 Å². The number of nitrogens with two attached hydrogens (primary N) is 1. The van der Waals surface area contributed by atoms with Crippen molar-refractivity contribution in [1.29, 1.82) is 0 Å². The number of ketones is 1. The Labute approximate surface area is 234 Å². The van der Waals surface area contributed by atoms with Gasteiger partial charge in [0.1, 0.15) is 17.1 Å². The van der Waals surface area contributed by atoms with Crippen LogP contribution in [0.2, 0.25) is 5.02 Å². The Hall–Kier alpha value is -3.30. The summed E-state index contributed by atoms with van der Waals surface area (Å²) in [6.07, 6.45) is 0.741. The second-order valence-corrected chi connectivity index (χ2v) is 11.2. The van der Waals surface area contributed by atoms with Crippen LogP contribution < -0.4 is 15.8 Å². The molecule has 0 aromatic heterocycles. The van der Waals surface area contributed by atoms with E-state index in [1.54, 1.807) is 49.4 Å². The summed E-state index contributed by atoms with van der Waals surface area (Å²) in [5.41, 5.74) is 7.34. The number of hydrogen-bond donors (Lipinski definition) is 2. The van der Waals surface area contributed by atoms with E-state index in [-0.39, 0.29) is 42.3 Å². The number of hydrogen-bond acceptors (Lipinski definition) is 7. The summed E-state index contributed by atoms with van der Waals surface area (Å²) in [5, 5.41) is 3.29. The number of anilines is 1. The topological polar surface area (TPSA) is 117 Å². The quantitative estimate of drug-likeness (QED) is 0.395. The summed E-state index contributed by atoms with van der Waals surface area (Å²) in [6, 6.07) is 11.8. The van der Waals surface area contributed by atoms with Crippen molar-refractivity contribution in [2.75, 3.05) is 18.5 Å². The van der Waals surface area contributed by atoms with Crippen LogP contribution >= 0.6 is 27.5 Å². The molecule has 3 N–H and O–H groups in total. The Bertz CT molecular complexity index is 1350. The van der Waals surface area contributed by atoms with Gasteiger partial charge in [-0.2, -0.15) is 0 Å². The fourth-order valence-corrected chi connectivity index (χ4v) is 5.16. The summed E-state index contributed by atoms with van der Waals surface area (Å²) in [4.78, 5) is 39.2. The molecular formula is C28H28BrClN2O6. The molecule has 0 saturated carbocycles. The number of nitrogens with one attached hydrogen (secondary N) is 1. The van der Waals surface area contributed by atoms with Crippen LogP contribution in [0.25, 0.3) is 0 Å². The number of carbonyl (C=O) groups is 3. The number of rotatable bonds is 7. The van der Waals surface area contributed by atoms with E-state index in [1.807, 2.05) is 13.8 Å². The van der Waals surface area contributed by atoms with E-state index >= 15 is 0 Å². The van der Waals surface area contributed by atoms with E-state index in [0.29, 0.717) is 44.2 Å². The average Bonchev–Trinajstić information content (AvgIpc) is 2.83. The predicted octanol–water partition coefficient (Wildman–Crippen LogP) is 5.61. The van der Waals surface area contributed by atoms with E-state index < -0.39 is 17.8 Å². The van der Waals surface area contributed by atoms with Gasteiger partial charge in [-0.15, -0.1) is 0 Å². The summed E-state index contributed by atoms with van der Waals surface area (Å²) >= 11 is 9.38. The number of Topliss-reactive ketones (excluding diaryl/α,β-unsaturated/α-hetero) is 1. The van der Waals surface area contributed by atoms with Crippen LogP contribution in [0.15, 0.2) is 69.7 Å². The highest BCUT2D eigenvalue weighted by molar-refractivity contribution is 9.10. The molecular weight excluding hydrogens is 576 g/mol. The lowest BCUT2D eigenvalue weighted by Gasteiger charge is -2.38. The molecule has 2 aromatic rings. The molecule has 1 aliphatic carbocycles. The lowest BCUT2D eigenvalue weighted by molar-refractivity contribution is -0.139. The molecule has 10 heteroatoms.